The Morgan fingerprint density at radius 2 is 2.26 bits per heavy atom. The molecule has 1 unspecified atom stereocenters. The summed E-state index contributed by atoms with van der Waals surface area (Å²) in [6, 6.07) is 1.84. The summed E-state index contributed by atoms with van der Waals surface area (Å²) < 4.78 is 7.41. The first-order valence-corrected chi connectivity index (χ1v) is 8.06. The molecule has 6 heteroatoms. The maximum atomic E-state index is 12.5. The highest BCUT2D eigenvalue weighted by Crippen LogP contribution is 2.36. The van der Waals surface area contributed by atoms with Gasteiger partial charge in [-0.15, -0.1) is 0 Å². The summed E-state index contributed by atoms with van der Waals surface area (Å²) in [4.78, 5) is 28.8. The lowest BCUT2D eigenvalue weighted by atomic mass is 9.83. The number of aromatic nitrogens is 2. The lowest BCUT2D eigenvalue weighted by molar-refractivity contribution is 0.0931. The Labute approximate surface area is 133 Å². The van der Waals surface area contributed by atoms with E-state index in [1.54, 1.807) is 19.4 Å². The molecule has 1 aliphatic carbocycles. The normalized spacial score (nSPS) is 20.1. The predicted molar refractivity (Wildman–Crippen MR) is 83.5 cm³/mol. The molecule has 2 aliphatic rings. The Balaban J connectivity index is 1.52. The van der Waals surface area contributed by atoms with E-state index in [0.717, 1.165) is 30.7 Å². The van der Waals surface area contributed by atoms with Crippen LogP contribution in [0.25, 0.3) is 0 Å². The molecule has 1 fully saturated rings. The molecule has 1 saturated carbocycles. The van der Waals surface area contributed by atoms with Crippen LogP contribution >= 0.6 is 0 Å². The van der Waals surface area contributed by atoms with Crippen LogP contribution in [0.3, 0.4) is 0 Å². The molecule has 23 heavy (non-hydrogen) atoms. The number of hydrogen-bond acceptors (Lipinski definition) is 4. The number of nitrogens with one attached hydrogen (secondary N) is 1. The van der Waals surface area contributed by atoms with Crippen molar-refractivity contribution >= 4 is 5.91 Å². The number of hydrogen-bond donors (Lipinski definition) is 1. The van der Waals surface area contributed by atoms with E-state index in [2.05, 4.69) is 10.3 Å². The molecule has 0 radical (unpaired) electrons. The third-order valence-corrected chi connectivity index (χ3v) is 4.91. The summed E-state index contributed by atoms with van der Waals surface area (Å²) in [5, 5.41) is 2.94. The lowest BCUT2D eigenvalue weighted by Gasteiger charge is -2.24. The van der Waals surface area contributed by atoms with Crippen LogP contribution in [0, 0.1) is 6.92 Å². The SMILES string of the molecule is Cc1cc(C2CCC2)oc(=O)c1C(=O)NC1Cc2cncn2C1. The molecule has 4 rings (SSSR count). The summed E-state index contributed by atoms with van der Waals surface area (Å²) in [6.07, 6.45) is 7.59. The van der Waals surface area contributed by atoms with Crippen LogP contribution in [-0.4, -0.2) is 21.5 Å². The summed E-state index contributed by atoms with van der Waals surface area (Å²) in [6.45, 7) is 2.49. The van der Waals surface area contributed by atoms with E-state index < -0.39 is 5.63 Å². The van der Waals surface area contributed by atoms with Gasteiger partial charge in [0.25, 0.3) is 5.91 Å². The van der Waals surface area contributed by atoms with Gasteiger partial charge in [0.1, 0.15) is 11.3 Å². The van der Waals surface area contributed by atoms with Gasteiger partial charge in [-0.3, -0.25) is 4.79 Å². The zero-order chi connectivity index (χ0) is 16.0. The van der Waals surface area contributed by atoms with Gasteiger partial charge in [-0.25, -0.2) is 9.78 Å². The van der Waals surface area contributed by atoms with Gasteiger partial charge < -0.3 is 14.3 Å². The average molecular weight is 313 g/mol. The molecule has 1 amide bonds. The number of carbonyl (C=O) groups is 1. The summed E-state index contributed by atoms with van der Waals surface area (Å²) in [5.41, 5.74) is 1.39. The number of fused-ring (bicyclic) bond motifs is 1. The minimum atomic E-state index is -0.524. The third-order valence-electron chi connectivity index (χ3n) is 4.91. The smallest absolute Gasteiger partial charge is 0.349 e. The molecule has 3 heterocycles. The quantitative estimate of drug-likeness (QED) is 0.937. The second kappa shape index (κ2) is 5.37. The molecule has 120 valence electrons. The zero-order valence-corrected chi connectivity index (χ0v) is 13.0. The van der Waals surface area contributed by atoms with Gasteiger partial charge in [-0.2, -0.15) is 0 Å². The molecule has 2 aromatic heterocycles. The van der Waals surface area contributed by atoms with E-state index >= 15 is 0 Å². The van der Waals surface area contributed by atoms with Crippen LogP contribution in [0.4, 0.5) is 0 Å². The van der Waals surface area contributed by atoms with Crippen LogP contribution in [0.15, 0.2) is 27.8 Å². The van der Waals surface area contributed by atoms with E-state index in [-0.39, 0.29) is 17.5 Å². The van der Waals surface area contributed by atoms with Crippen LogP contribution in [0.2, 0.25) is 0 Å². The topological polar surface area (TPSA) is 77.1 Å². The Bertz CT molecular complexity index is 796. The van der Waals surface area contributed by atoms with Crippen molar-refractivity contribution < 1.29 is 9.21 Å². The highest BCUT2D eigenvalue weighted by molar-refractivity contribution is 5.95. The number of aryl methyl sites for hydroxylation is 1. The van der Waals surface area contributed by atoms with Crippen molar-refractivity contribution in [1.82, 2.24) is 14.9 Å². The van der Waals surface area contributed by atoms with Gasteiger partial charge in [-0.05, 0) is 31.4 Å². The minimum absolute atomic E-state index is 0.00870. The van der Waals surface area contributed by atoms with E-state index in [1.807, 2.05) is 10.6 Å². The van der Waals surface area contributed by atoms with Crippen molar-refractivity contribution in [2.75, 3.05) is 0 Å². The van der Waals surface area contributed by atoms with Crippen LogP contribution < -0.4 is 10.9 Å². The first-order valence-electron chi connectivity index (χ1n) is 8.06. The van der Waals surface area contributed by atoms with Crippen molar-refractivity contribution in [3.05, 3.63) is 51.6 Å². The van der Waals surface area contributed by atoms with Crippen molar-refractivity contribution in [3.63, 3.8) is 0 Å². The summed E-state index contributed by atoms with van der Waals surface area (Å²) >= 11 is 0. The van der Waals surface area contributed by atoms with Gasteiger partial charge in [0, 0.05) is 30.8 Å². The second-order valence-corrected chi connectivity index (χ2v) is 6.53. The summed E-state index contributed by atoms with van der Waals surface area (Å²) in [7, 11) is 0. The molecule has 2 aromatic rings. The maximum Gasteiger partial charge on any atom is 0.349 e. The fourth-order valence-electron chi connectivity index (χ4n) is 3.39. The van der Waals surface area contributed by atoms with E-state index in [1.165, 1.54) is 6.42 Å². The lowest BCUT2D eigenvalue weighted by Crippen LogP contribution is -2.38. The summed E-state index contributed by atoms with van der Waals surface area (Å²) in [5.74, 6) is 0.713. The highest BCUT2D eigenvalue weighted by Gasteiger charge is 2.27. The monoisotopic (exact) mass is 313 g/mol. The molecule has 1 aliphatic heterocycles. The van der Waals surface area contributed by atoms with Gasteiger partial charge in [0.15, 0.2) is 0 Å². The molecule has 0 aromatic carbocycles. The first-order chi connectivity index (χ1) is 11.1. The molecule has 0 bridgehead atoms. The first kappa shape index (κ1) is 14.2. The van der Waals surface area contributed by atoms with E-state index in [4.69, 9.17) is 4.42 Å². The van der Waals surface area contributed by atoms with Crippen LogP contribution in [-0.2, 0) is 13.0 Å². The largest absolute Gasteiger partial charge is 0.427 e. The third kappa shape index (κ3) is 2.48. The standard InChI is InChI=1S/C17H19N3O3/c1-10-5-14(11-3-2-4-11)23-17(22)15(10)16(21)19-12-6-13-7-18-9-20(13)8-12/h5,7,9,11-12H,2-4,6,8H2,1H3,(H,19,21). The maximum absolute atomic E-state index is 12.5. The van der Waals surface area contributed by atoms with Gasteiger partial charge >= 0.3 is 5.63 Å². The van der Waals surface area contributed by atoms with Crippen LogP contribution in [0.5, 0.6) is 0 Å². The van der Waals surface area contributed by atoms with Gasteiger partial charge in [0.2, 0.25) is 0 Å². The Morgan fingerprint density at radius 1 is 1.43 bits per heavy atom. The van der Waals surface area contributed by atoms with Gasteiger partial charge in [-0.1, -0.05) is 6.42 Å². The number of nitrogens with zero attached hydrogens (tertiary/aromatic N) is 2. The highest BCUT2D eigenvalue weighted by atomic mass is 16.4. The predicted octanol–water partition coefficient (Wildman–Crippen LogP) is 1.77. The molecule has 0 spiro atoms. The second-order valence-electron chi connectivity index (χ2n) is 6.53. The Kier molecular flexibility index (Phi) is 3.32. The van der Waals surface area contributed by atoms with Gasteiger partial charge in [0.05, 0.1) is 12.4 Å². The molecular formula is C17H19N3O3. The minimum Gasteiger partial charge on any atom is -0.427 e. The van der Waals surface area contributed by atoms with Crippen molar-refractivity contribution in [2.45, 2.75) is 51.1 Å². The van der Waals surface area contributed by atoms with Crippen molar-refractivity contribution in [3.8, 4) is 0 Å². The Hall–Kier alpha value is -2.37. The zero-order valence-electron chi connectivity index (χ0n) is 13.0. The van der Waals surface area contributed by atoms with Crippen molar-refractivity contribution in [1.29, 1.82) is 0 Å². The average Bonchev–Trinajstić information content (AvgIpc) is 2.96. The number of carbonyl (C=O) groups excluding carboxylic acids is 1. The molecule has 1 N–H and O–H groups in total. The molecule has 0 saturated heterocycles. The fraction of sp³-hybridized carbons (Fsp3) is 0.471. The van der Waals surface area contributed by atoms with Crippen LogP contribution in [0.1, 0.15) is 52.6 Å². The number of amides is 1. The van der Waals surface area contributed by atoms with Crippen molar-refractivity contribution in [2.24, 2.45) is 0 Å². The number of imidazole rings is 1. The molecule has 6 nitrogen and oxygen atoms in total. The molecule has 1 atom stereocenters. The molecular weight excluding hydrogens is 294 g/mol. The van der Waals surface area contributed by atoms with E-state index in [0.29, 0.717) is 18.0 Å². The Morgan fingerprint density at radius 3 is 2.91 bits per heavy atom. The number of rotatable bonds is 3. The van der Waals surface area contributed by atoms with E-state index in [9.17, 15) is 9.59 Å². The fourth-order valence-corrected chi connectivity index (χ4v) is 3.39.